The maximum atomic E-state index is 11.8. The van der Waals surface area contributed by atoms with Gasteiger partial charge in [-0.1, -0.05) is 0 Å². The lowest BCUT2D eigenvalue weighted by molar-refractivity contribution is 0.101. The van der Waals surface area contributed by atoms with Crippen LogP contribution < -0.4 is 10.7 Å². The van der Waals surface area contributed by atoms with E-state index in [2.05, 4.69) is 10.3 Å². The van der Waals surface area contributed by atoms with Gasteiger partial charge in [0.2, 0.25) is 0 Å². The van der Waals surface area contributed by atoms with Crippen molar-refractivity contribution >= 4 is 17.4 Å². The van der Waals surface area contributed by atoms with Gasteiger partial charge in [-0.15, -0.1) is 0 Å². The summed E-state index contributed by atoms with van der Waals surface area (Å²) in [5, 5.41) is 2.63. The quantitative estimate of drug-likeness (QED) is 0.822. The molecule has 0 fully saturated rings. The van der Waals surface area contributed by atoms with Crippen molar-refractivity contribution in [2.45, 2.75) is 6.92 Å². The summed E-state index contributed by atoms with van der Waals surface area (Å²) >= 11 is 0. The molecule has 1 aromatic carbocycles. The van der Waals surface area contributed by atoms with Crippen LogP contribution in [0.2, 0.25) is 0 Å². The number of nitrogens with one attached hydrogen (secondary N) is 2. The van der Waals surface area contributed by atoms with Crippen molar-refractivity contribution in [3.8, 4) is 0 Å². The van der Waals surface area contributed by atoms with Gasteiger partial charge in [0.1, 0.15) is 5.69 Å². The van der Waals surface area contributed by atoms with E-state index in [4.69, 9.17) is 0 Å². The molecular formula is C14H12N2O3. The summed E-state index contributed by atoms with van der Waals surface area (Å²) in [6.07, 6.45) is 1.41. The third-order valence-corrected chi connectivity index (χ3v) is 2.57. The number of ketones is 1. The fraction of sp³-hybridized carbons (Fsp3) is 0.0714. The van der Waals surface area contributed by atoms with E-state index in [9.17, 15) is 14.4 Å². The molecule has 2 rings (SSSR count). The molecule has 0 radical (unpaired) electrons. The van der Waals surface area contributed by atoms with Crippen LogP contribution >= 0.6 is 0 Å². The lowest BCUT2D eigenvalue weighted by Crippen LogP contribution is -2.16. The summed E-state index contributed by atoms with van der Waals surface area (Å²) in [5.74, 6) is -0.446. The van der Waals surface area contributed by atoms with Crippen molar-refractivity contribution in [2.75, 3.05) is 5.32 Å². The Hall–Kier alpha value is -2.69. The second kappa shape index (κ2) is 5.30. The molecule has 0 aliphatic carbocycles. The number of Topliss-reactive ketones (excluding diaryl/α,β-unsaturated/α-hetero) is 1. The van der Waals surface area contributed by atoms with Crippen LogP contribution in [0.15, 0.2) is 47.4 Å². The normalized spacial score (nSPS) is 9.95. The van der Waals surface area contributed by atoms with Crippen molar-refractivity contribution in [3.05, 3.63) is 64.1 Å². The van der Waals surface area contributed by atoms with Crippen LogP contribution in [-0.4, -0.2) is 16.7 Å². The second-order valence-electron chi connectivity index (χ2n) is 4.03. The highest BCUT2D eigenvalue weighted by molar-refractivity contribution is 6.03. The number of benzene rings is 1. The van der Waals surface area contributed by atoms with Gasteiger partial charge in [-0.2, -0.15) is 0 Å². The van der Waals surface area contributed by atoms with E-state index in [-0.39, 0.29) is 16.9 Å². The molecule has 0 spiro atoms. The molecule has 0 saturated carbocycles. The van der Waals surface area contributed by atoms with E-state index in [1.807, 2.05) is 0 Å². The maximum absolute atomic E-state index is 11.8. The standard InChI is InChI=1S/C14H12N2O3/c1-9(17)10-2-4-11(5-3-10)16-14(19)13-8-12(18)6-7-15-13/h2-8H,1H3,(H,15,18)(H,16,19). The molecule has 2 N–H and O–H groups in total. The van der Waals surface area contributed by atoms with E-state index < -0.39 is 5.91 Å². The third-order valence-electron chi connectivity index (χ3n) is 2.57. The maximum Gasteiger partial charge on any atom is 0.272 e. The summed E-state index contributed by atoms with van der Waals surface area (Å²) in [6.45, 7) is 1.47. The van der Waals surface area contributed by atoms with Gasteiger partial charge in [-0.3, -0.25) is 14.4 Å². The molecule has 96 valence electrons. The van der Waals surface area contributed by atoms with Gasteiger partial charge in [-0.05, 0) is 31.2 Å². The Morgan fingerprint density at radius 2 is 1.79 bits per heavy atom. The fourth-order valence-electron chi connectivity index (χ4n) is 1.56. The lowest BCUT2D eigenvalue weighted by Gasteiger charge is -2.05. The highest BCUT2D eigenvalue weighted by Gasteiger charge is 2.07. The second-order valence-corrected chi connectivity index (χ2v) is 4.03. The van der Waals surface area contributed by atoms with Crippen LogP contribution in [0.25, 0.3) is 0 Å². The lowest BCUT2D eigenvalue weighted by atomic mass is 10.1. The van der Waals surface area contributed by atoms with Gasteiger partial charge >= 0.3 is 0 Å². The molecular weight excluding hydrogens is 244 g/mol. The minimum Gasteiger partial charge on any atom is -0.357 e. The number of amides is 1. The van der Waals surface area contributed by atoms with E-state index in [0.717, 1.165) is 0 Å². The first-order valence-corrected chi connectivity index (χ1v) is 5.67. The molecule has 0 aliphatic heterocycles. The van der Waals surface area contributed by atoms with E-state index >= 15 is 0 Å². The van der Waals surface area contributed by atoms with Crippen LogP contribution in [0, 0.1) is 0 Å². The number of hydrogen-bond donors (Lipinski definition) is 2. The largest absolute Gasteiger partial charge is 0.357 e. The van der Waals surface area contributed by atoms with Crippen LogP contribution in [0.1, 0.15) is 27.8 Å². The van der Waals surface area contributed by atoms with Gasteiger partial charge in [0.25, 0.3) is 5.91 Å². The first kappa shape index (κ1) is 12.8. The summed E-state index contributed by atoms with van der Waals surface area (Å²) < 4.78 is 0. The van der Waals surface area contributed by atoms with E-state index in [1.165, 1.54) is 25.3 Å². The van der Waals surface area contributed by atoms with Crippen LogP contribution in [0.3, 0.4) is 0 Å². The number of aromatic nitrogens is 1. The molecule has 1 heterocycles. The van der Waals surface area contributed by atoms with E-state index in [0.29, 0.717) is 11.3 Å². The summed E-state index contributed by atoms with van der Waals surface area (Å²) in [6, 6.07) is 9.08. The summed E-state index contributed by atoms with van der Waals surface area (Å²) in [4.78, 5) is 36.8. The Bertz CT molecular complexity index is 672. The Kier molecular flexibility index (Phi) is 3.56. The summed E-state index contributed by atoms with van der Waals surface area (Å²) in [5.41, 5.74) is 1.07. The minimum atomic E-state index is -0.409. The molecule has 0 unspecified atom stereocenters. The Morgan fingerprint density at radius 3 is 2.37 bits per heavy atom. The Morgan fingerprint density at radius 1 is 1.11 bits per heavy atom. The monoisotopic (exact) mass is 256 g/mol. The molecule has 0 aliphatic rings. The van der Waals surface area contributed by atoms with Crippen molar-refractivity contribution < 1.29 is 9.59 Å². The highest BCUT2D eigenvalue weighted by atomic mass is 16.2. The summed E-state index contributed by atoms with van der Waals surface area (Å²) in [7, 11) is 0. The molecule has 1 amide bonds. The zero-order chi connectivity index (χ0) is 13.8. The number of aromatic amines is 1. The van der Waals surface area contributed by atoms with E-state index in [1.54, 1.807) is 24.3 Å². The zero-order valence-corrected chi connectivity index (χ0v) is 10.3. The average Bonchev–Trinajstić information content (AvgIpc) is 2.39. The molecule has 1 aromatic heterocycles. The molecule has 0 atom stereocenters. The van der Waals surface area contributed by atoms with Crippen LogP contribution in [0.4, 0.5) is 5.69 Å². The molecule has 5 heteroatoms. The zero-order valence-electron chi connectivity index (χ0n) is 10.3. The average molecular weight is 256 g/mol. The predicted octanol–water partition coefficient (Wildman–Crippen LogP) is 1.83. The first-order chi connectivity index (χ1) is 9.06. The molecule has 2 aromatic rings. The van der Waals surface area contributed by atoms with Crippen LogP contribution in [-0.2, 0) is 0 Å². The number of H-pyrrole nitrogens is 1. The van der Waals surface area contributed by atoms with Crippen molar-refractivity contribution in [2.24, 2.45) is 0 Å². The van der Waals surface area contributed by atoms with Gasteiger partial charge in [0, 0.05) is 29.6 Å². The molecule has 5 nitrogen and oxygen atoms in total. The topological polar surface area (TPSA) is 79.0 Å². The fourth-order valence-corrected chi connectivity index (χ4v) is 1.56. The SMILES string of the molecule is CC(=O)c1ccc(NC(=O)c2cc(=O)cc[nH]2)cc1. The highest BCUT2D eigenvalue weighted by Crippen LogP contribution is 2.10. The first-order valence-electron chi connectivity index (χ1n) is 5.67. The number of rotatable bonds is 3. The molecule has 0 bridgehead atoms. The van der Waals surface area contributed by atoms with Crippen molar-refractivity contribution in [1.82, 2.24) is 4.98 Å². The van der Waals surface area contributed by atoms with Crippen LogP contribution in [0.5, 0.6) is 0 Å². The minimum absolute atomic E-state index is 0.0368. The third kappa shape index (κ3) is 3.16. The number of carbonyl (C=O) groups is 2. The molecule has 0 saturated heterocycles. The van der Waals surface area contributed by atoms with Gasteiger partial charge in [-0.25, -0.2) is 0 Å². The number of pyridine rings is 1. The smallest absolute Gasteiger partial charge is 0.272 e. The Balaban J connectivity index is 2.15. The van der Waals surface area contributed by atoms with Gasteiger partial charge in [0.05, 0.1) is 0 Å². The molecule has 19 heavy (non-hydrogen) atoms. The number of anilines is 1. The van der Waals surface area contributed by atoms with Crippen molar-refractivity contribution in [3.63, 3.8) is 0 Å². The number of hydrogen-bond acceptors (Lipinski definition) is 3. The number of carbonyl (C=O) groups excluding carboxylic acids is 2. The van der Waals surface area contributed by atoms with Gasteiger partial charge in [0.15, 0.2) is 11.2 Å². The Labute approximate surface area is 109 Å². The van der Waals surface area contributed by atoms with Gasteiger partial charge < -0.3 is 10.3 Å². The van der Waals surface area contributed by atoms with Crippen molar-refractivity contribution in [1.29, 1.82) is 0 Å². The predicted molar refractivity (Wildman–Crippen MR) is 71.5 cm³/mol.